The second kappa shape index (κ2) is 15.0. The first-order valence-electron chi connectivity index (χ1n) is 14.8. The van der Waals surface area contributed by atoms with E-state index in [0.29, 0.717) is 31.2 Å². The third-order valence-corrected chi connectivity index (χ3v) is 9.71. The van der Waals surface area contributed by atoms with E-state index in [2.05, 4.69) is 17.2 Å². The van der Waals surface area contributed by atoms with Crippen LogP contribution in [0, 0.1) is 0 Å². The summed E-state index contributed by atoms with van der Waals surface area (Å²) in [5.74, 6) is -0.758. The third-order valence-electron chi connectivity index (χ3n) is 7.75. The Bertz CT molecular complexity index is 1580. The Kier molecular flexibility index (Phi) is 11.1. The zero-order valence-corrected chi connectivity index (χ0v) is 26.2. The maximum atomic E-state index is 13.8. The highest BCUT2D eigenvalue weighted by Crippen LogP contribution is 2.32. The van der Waals surface area contributed by atoms with Gasteiger partial charge in [-0.3, -0.25) is 14.4 Å². The number of nitrogens with one attached hydrogen (secondary N) is 2. The minimum atomic E-state index is -3.82. The van der Waals surface area contributed by atoms with Gasteiger partial charge < -0.3 is 20.4 Å². The van der Waals surface area contributed by atoms with Crippen molar-refractivity contribution in [3.63, 3.8) is 0 Å². The van der Waals surface area contributed by atoms with Gasteiger partial charge in [-0.05, 0) is 43.0 Å². The Hall–Kier alpha value is -4.22. The highest BCUT2D eigenvalue weighted by Gasteiger charge is 2.34. The molecule has 3 aromatic carbocycles. The largest absolute Gasteiger partial charge is 0.377 e. The van der Waals surface area contributed by atoms with Crippen LogP contribution in [0.25, 0.3) is 10.8 Å². The number of hydrogen-bond donors (Lipinski definition) is 2. The van der Waals surface area contributed by atoms with Gasteiger partial charge in [0.05, 0.1) is 11.3 Å². The van der Waals surface area contributed by atoms with Crippen molar-refractivity contribution in [3.8, 4) is 0 Å². The fourth-order valence-electron chi connectivity index (χ4n) is 5.43. The van der Waals surface area contributed by atoms with Gasteiger partial charge >= 0.3 is 0 Å². The van der Waals surface area contributed by atoms with E-state index < -0.39 is 16.1 Å². The van der Waals surface area contributed by atoms with E-state index in [9.17, 15) is 22.8 Å². The number of carbonyl (C=O) groups excluding carboxylic acids is 3. The lowest BCUT2D eigenvalue weighted by Gasteiger charge is -2.36. The first-order chi connectivity index (χ1) is 21.1. The van der Waals surface area contributed by atoms with Gasteiger partial charge in [0.25, 0.3) is 0 Å². The van der Waals surface area contributed by atoms with Gasteiger partial charge in [0.2, 0.25) is 27.7 Å². The number of hydrogen-bond acceptors (Lipinski definition) is 6. The lowest BCUT2D eigenvalue weighted by Crippen LogP contribution is -2.56. The molecule has 2 N–H and O–H groups in total. The van der Waals surface area contributed by atoms with Crippen LogP contribution in [0.5, 0.6) is 0 Å². The number of nitrogens with zero attached hydrogens (tertiary/aromatic N) is 3. The van der Waals surface area contributed by atoms with Gasteiger partial charge in [-0.2, -0.15) is 4.31 Å². The normalized spacial score (nSPS) is 14.5. The van der Waals surface area contributed by atoms with Crippen molar-refractivity contribution in [2.24, 2.45) is 0 Å². The van der Waals surface area contributed by atoms with Gasteiger partial charge in [0, 0.05) is 63.3 Å². The maximum Gasteiger partial charge on any atom is 0.245 e. The number of unbranched alkanes of at least 4 members (excludes halogenated alkanes) is 1. The monoisotopic (exact) mass is 619 g/mol. The number of rotatable bonds is 13. The molecule has 3 aromatic rings. The summed E-state index contributed by atoms with van der Waals surface area (Å²) in [5, 5.41) is 7.13. The number of anilines is 1. The number of carbonyl (C=O) groups is 3. The molecule has 1 atom stereocenters. The van der Waals surface area contributed by atoms with Crippen molar-refractivity contribution >= 4 is 44.2 Å². The molecule has 3 amide bonds. The summed E-state index contributed by atoms with van der Waals surface area (Å²) in [6.45, 7) is 4.60. The fraction of sp³-hybridized carbons (Fsp3) is 0.364. The van der Waals surface area contributed by atoms with Crippen LogP contribution in [-0.2, 0) is 30.8 Å². The minimum Gasteiger partial charge on any atom is -0.377 e. The molecule has 0 bridgehead atoms. The summed E-state index contributed by atoms with van der Waals surface area (Å²) < 4.78 is 29.0. The highest BCUT2D eigenvalue weighted by atomic mass is 32.2. The molecule has 4 rings (SSSR count). The number of benzene rings is 3. The molecular formula is C33H41N5O5S. The van der Waals surface area contributed by atoms with Crippen molar-refractivity contribution in [2.75, 3.05) is 51.7 Å². The molecule has 0 aliphatic carbocycles. The number of piperazine rings is 1. The predicted molar refractivity (Wildman–Crippen MR) is 173 cm³/mol. The van der Waals surface area contributed by atoms with Gasteiger partial charge in [-0.15, -0.1) is 0 Å². The molecule has 44 heavy (non-hydrogen) atoms. The standard InChI is InChI=1S/C33H41N5O5S/c1-4-31(39)34-19-9-8-16-28(35-32(40)24-25-12-6-5-7-13-25)33(41)37-20-22-38(23-21-37)44(42,43)30-18-11-14-26-27(30)15-10-17-29(26)36(2)3/h4-7,10-15,17-18,28H,1,8-9,16,19-24H2,2-3H3,(H,34,39)(H,35,40)/t28-/m0/s1. The molecule has 0 unspecified atom stereocenters. The molecule has 1 heterocycles. The van der Waals surface area contributed by atoms with Crippen molar-refractivity contribution < 1.29 is 22.8 Å². The average molecular weight is 620 g/mol. The molecule has 0 aromatic heterocycles. The van der Waals surface area contributed by atoms with Crippen LogP contribution in [0.1, 0.15) is 24.8 Å². The smallest absolute Gasteiger partial charge is 0.245 e. The van der Waals surface area contributed by atoms with Gasteiger partial charge in [-0.1, -0.05) is 61.2 Å². The molecule has 1 aliphatic rings. The zero-order chi connectivity index (χ0) is 31.7. The van der Waals surface area contributed by atoms with Gasteiger partial charge in [-0.25, -0.2) is 8.42 Å². The number of fused-ring (bicyclic) bond motifs is 1. The van der Waals surface area contributed by atoms with Crippen LogP contribution in [0.2, 0.25) is 0 Å². The van der Waals surface area contributed by atoms with E-state index in [-0.39, 0.29) is 55.2 Å². The van der Waals surface area contributed by atoms with E-state index >= 15 is 0 Å². The van der Waals surface area contributed by atoms with Crippen molar-refractivity contribution in [1.82, 2.24) is 19.8 Å². The molecule has 1 aliphatic heterocycles. The van der Waals surface area contributed by atoms with Crippen LogP contribution in [0.4, 0.5) is 5.69 Å². The Labute approximate surface area is 259 Å². The summed E-state index contributed by atoms with van der Waals surface area (Å²) in [7, 11) is 0.0236. The molecular weight excluding hydrogens is 578 g/mol. The van der Waals surface area contributed by atoms with Crippen LogP contribution in [0.15, 0.2) is 84.3 Å². The maximum absolute atomic E-state index is 13.8. The summed E-state index contributed by atoms with van der Waals surface area (Å²) >= 11 is 0. The molecule has 234 valence electrons. The van der Waals surface area contributed by atoms with Crippen LogP contribution < -0.4 is 15.5 Å². The van der Waals surface area contributed by atoms with E-state index in [1.807, 2.05) is 73.6 Å². The Morgan fingerprint density at radius 1 is 0.909 bits per heavy atom. The number of amides is 3. The summed E-state index contributed by atoms with van der Waals surface area (Å²) in [4.78, 5) is 41.8. The molecule has 11 heteroatoms. The molecule has 10 nitrogen and oxygen atoms in total. The number of sulfonamides is 1. The lowest BCUT2D eigenvalue weighted by atomic mass is 10.1. The molecule has 1 fully saturated rings. The molecule has 0 spiro atoms. The van der Waals surface area contributed by atoms with Crippen LogP contribution in [0.3, 0.4) is 0 Å². The third kappa shape index (κ3) is 8.03. The van der Waals surface area contributed by atoms with E-state index in [1.54, 1.807) is 17.0 Å². The Balaban J connectivity index is 1.43. The summed E-state index contributed by atoms with van der Waals surface area (Å²) in [6, 6.07) is 19.5. The van der Waals surface area contributed by atoms with Gasteiger partial charge in [0.15, 0.2) is 0 Å². The summed E-state index contributed by atoms with van der Waals surface area (Å²) in [5.41, 5.74) is 1.77. The quantitative estimate of drug-likeness (QED) is 0.224. The SMILES string of the molecule is C=CC(=O)NCCCC[C@H](NC(=O)Cc1ccccc1)C(=O)N1CCN(S(=O)(=O)c2cccc3c(N(C)C)cccc23)CC1. The van der Waals surface area contributed by atoms with Crippen LogP contribution >= 0.6 is 0 Å². The Morgan fingerprint density at radius 3 is 2.27 bits per heavy atom. The van der Waals surface area contributed by atoms with Crippen LogP contribution in [-0.4, -0.2) is 88.2 Å². The minimum absolute atomic E-state index is 0.145. The van der Waals surface area contributed by atoms with E-state index in [0.717, 1.165) is 16.6 Å². The second-order valence-corrected chi connectivity index (χ2v) is 12.9. The molecule has 0 saturated carbocycles. The van der Waals surface area contributed by atoms with E-state index in [1.165, 1.54) is 10.4 Å². The highest BCUT2D eigenvalue weighted by molar-refractivity contribution is 7.89. The zero-order valence-electron chi connectivity index (χ0n) is 25.4. The fourth-order valence-corrected chi connectivity index (χ4v) is 7.06. The van der Waals surface area contributed by atoms with Crippen molar-refractivity contribution in [3.05, 3.63) is 84.9 Å². The first-order valence-corrected chi connectivity index (χ1v) is 16.3. The van der Waals surface area contributed by atoms with Crippen molar-refractivity contribution in [1.29, 1.82) is 0 Å². The van der Waals surface area contributed by atoms with Crippen molar-refractivity contribution in [2.45, 2.75) is 36.6 Å². The molecule has 1 saturated heterocycles. The first kappa shape index (κ1) is 32.7. The summed E-state index contributed by atoms with van der Waals surface area (Å²) in [6.07, 6.45) is 2.98. The predicted octanol–water partition coefficient (Wildman–Crippen LogP) is 2.94. The average Bonchev–Trinajstić information content (AvgIpc) is 3.03. The second-order valence-electron chi connectivity index (χ2n) is 11.0. The van der Waals surface area contributed by atoms with E-state index in [4.69, 9.17) is 0 Å². The topological polar surface area (TPSA) is 119 Å². The molecule has 0 radical (unpaired) electrons. The Morgan fingerprint density at radius 2 is 1.59 bits per heavy atom. The lowest BCUT2D eigenvalue weighted by molar-refractivity contribution is -0.137. The van der Waals surface area contributed by atoms with Gasteiger partial charge in [0.1, 0.15) is 6.04 Å².